The first kappa shape index (κ1) is 19.9. The molecule has 1 heterocycles. The molecule has 1 atom stereocenters. The van der Waals surface area contributed by atoms with E-state index in [-0.39, 0.29) is 29.4 Å². The summed E-state index contributed by atoms with van der Waals surface area (Å²) in [6.45, 7) is 11.2. The zero-order valence-electron chi connectivity index (χ0n) is 14.9. The van der Waals surface area contributed by atoms with E-state index in [9.17, 15) is 18.0 Å². The molecular weight excluding hydrogens is 316 g/mol. The Bertz CT molecular complexity index is 518. The molecule has 0 saturated carbocycles. The molecule has 0 aromatic rings. The van der Waals surface area contributed by atoms with Crippen molar-refractivity contribution in [3.63, 3.8) is 0 Å². The van der Waals surface area contributed by atoms with Gasteiger partial charge in [-0.15, -0.1) is 0 Å². The first-order valence-corrected chi connectivity index (χ1v) is 10.2. The van der Waals surface area contributed by atoms with Crippen LogP contribution in [0.4, 0.5) is 0 Å². The molecular formula is C16H30N2O4S. The van der Waals surface area contributed by atoms with Crippen LogP contribution >= 0.6 is 0 Å². The van der Waals surface area contributed by atoms with Crippen molar-refractivity contribution >= 4 is 21.7 Å². The minimum Gasteiger partial charge on any atom is -0.334 e. The highest BCUT2D eigenvalue weighted by atomic mass is 32.2. The molecule has 0 radical (unpaired) electrons. The predicted molar refractivity (Wildman–Crippen MR) is 90.7 cm³/mol. The molecule has 0 bridgehead atoms. The number of amides is 2. The van der Waals surface area contributed by atoms with E-state index in [0.717, 1.165) is 0 Å². The van der Waals surface area contributed by atoms with Gasteiger partial charge in [0.2, 0.25) is 0 Å². The number of hydrogen-bond acceptors (Lipinski definition) is 4. The lowest BCUT2D eigenvalue weighted by Gasteiger charge is -2.31. The molecule has 0 spiro atoms. The van der Waals surface area contributed by atoms with Gasteiger partial charge < -0.3 is 9.80 Å². The summed E-state index contributed by atoms with van der Waals surface area (Å²) >= 11 is 0. The van der Waals surface area contributed by atoms with Gasteiger partial charge in [-0.25, -0.2) is 8.42 Å². The maximum absolute atomic E-state index is 12.6. The Morgan fingerprint density at radius 1 is 1.04 bits per heavy atom. The number of carbonyl (C=O) groups excluding carboxylic acids is 2. The van der Waals surface area contributed by atoms with Crippen molar-refractivity contribution < 1.29 is 18.0 Å². The van der Waals surface area contributed by atoms with Crippen LogP contribution in [0.5, 0.6) is 0 Å². The second-order valence-electron chi connectivity index (χ2n) is 7.15. The van der Waals surface area contributed by atoms with Gasteiger partial charge in [0.25, 0.3) is 0 Å². The fourth-order valence-electron chi connectivity index (χ4n) is 2.97. The fourth-order valence-corrected chi connectivity index (χ4v) is 4.70. The molecule has 7 heteroatoms. The van der Waals surface area contributed by atoms with Gasteiger partial charge in [0.15, 0.2) is 9.84 Å². The second-order valence-corrected chi connectivity index (χ2v) is 9.37. The molecule has 1 rings (SSSR count). The second kappa shape index (κ2) is 8.13. The third-order valence-corrected chi connectivity index (χ3v) is 5.64. The number of sulfone groups is 1. The number of nitrogens with zero attached hydrogens (tertiary/aromatic N) is 2. The van der Waals surface area contributed by atoms with Gasteiger partial charge in [-0.05, 0) is 25.2 Å². The van der Waals surface area contributed by atoms with Crippen LogP contribution in [0.25, 0.3) is 0 Å². The molecule has 6 nitrogen and oxygen atoms in total. The summed E-state index contributed by atoms with van der Waals surface area (Å²) in [5.74, 6) is -0.486. The third-order valence-electron chi connectivity index (χ3n) is 3.89. The quantitative estimate of drug-likeness (QED) is 0.677. The lowest BCUT2D eigenvalue weighted by Crippen LogP contribution is -2.51. The largest absolute Gasteiger partial charge is 0.334 e. The molecule has 0 N–H and O–H groups in total. The average molecular weight is 346 g/mol. The number of likely N-dealkylation sites (N-methyl/N-ethyl adjacent to an activating group) is 1. The molecule has 1 unspecified atom stereocenters. The highest BCUT2D eigenvalue weighted by Crippen LogP contribution is 2.18. The van der Waals surface area contributed by atoms with E-state index in [1.807, 2.05) is 27.7 Å². The molecule has 1 aliphatic rings. The average Bonchev–Trinajstić information content (AvgIpc) is 2.77. The normalized spacial score (nSPS) is 20.0. The summed E-state index contributed by atoms with van der Waals surface area (Å²) in [6.07, 6.45) is 0.420. The zero-order valence-corrected chi connectivity index (χ0v) is 15.7. The van der Waals surface area contributed by atoms with Crippen LogP contribution in [0.15, 0.2) is 0 Å². The summed E-state index contributed by atoms with van der Waals surface area (Å²) in [6, 6.07) is -0.374. The molecule has 1 fully saturated rings. The summed E-state index contributed by atoms with van der Waals surface area (Å²) < 4.78 is 23.3. The Kier molecular flexibility index (Phi) is 7.04. The minimum absolute atomic E-state index is 0.0335. The standard InChI is InChI=1S/C16H30N2O4S/c1-6-18(14-7-8-23(21,22)11-14)16(20)15(19)17(9-12(2)3)10-13(4)5/h12-14H,6-11H2,1-5H3. The van der Waals surface area contributed by atoms with Gasteiger partial charge in [-0.1, -0.05) is 27.7 Å². The van der Waals surface area contributed by atoms with Gasteiger partial charge >= 0.3 is 11.8 Å². The Hall–Kier alpha value is -1.11. The van der Waals surface area contributed by atoms with Crippen LogP contribution < -0.4 is 0 Å². The highest BCUT2D eigenvalue weighted by Gasteiger charge is 2.37. The van der Waals surface area contributed by atoms with Crippen LogP contribution in [0.1, 0.15) is 41.0 Å². The zero-order chi connectivity index (χ0) is 17.8. The Morgan fingerprint density at radius 2 is 1.57 bits per heavy atom. The van der Waals surface area contributed by atoms with Crippen LogP contribution in [0, 0.1) is 11.8 Å². The summed E-state index contributed by atoms with van der Waals surface area (Å²) in [7, 11) is -3.09. The lowest BCUT2D eigenvalue weighted by molar-refractivity contribution is -0.153. The van der Waals surface area contributed by atoms with Crippen LogP contribution in [-0.2, 0) is 19.4 Å². The van der Waals surface area contributed by atoms with Crippen molar-refractivity contribution in [3.05, 3.63) is 0 Å². The molecule has 0 aromatic carbocycles. The van der Waals surface area contributed by atoms with E-state index in [4.69, 9.17) is 0 Å². The topological polar surface area (TPSA) is 74.8 Å². The first-order valence-electron chi connectivity index (χ1n) is 8.37. The predicted octanol–water partition coefficient (Wildman–Crippen LogP) is 1.16. The fraction of sp³-hybridized carbons (Fsp3) is 0.875. The van der Waals surface area contributed by atoms with E-state index >= 15 is 0 Å². The summed E-state index contributed by atoms with van der Waals surface area (Å²) in [5, 5.41) is 0. The van der Waals surface area contributed by atoms with Crippen molar-refractivity contribution in [3.8, 4) is 0 Å². The maximum atomic E-state index is 12.6. The minimum atomic E-state index is -3.09. The van der Waals surface area contributed by atoms with E-state index in [1.165, 1.54) is 4.90 Å². The highest BCUT2D eigenvalue weighted by molar-refractivity contribution is 7.91. The van der Waals surface area contributed by atoms with Crippen LogP contribution in [0.2, 0.25) is 0 Å². The van der Waals surface area contributed by atoms with Gasteiger partial charge in [0, 0.05) is 25.7 Å². The molecule has 0 aromatic heterocycles. The van der Waals surface area contributed by atoms with Crippen LogP contribution in [-0.4, -0.2) is 67.2 Å². The van der Waals surface area contributed by atoms with E-state index < -0.39 is 21.7 Å². The molecule has 2 amide bonds. The first-order chi connectivity index (χ1) is 10.6. The number of hydrogen-bond donors (Lipinski definition) is 0. The molecule has 134 valence electrons. The molecule has 23 heavy (non-hydrogen) atoms. The van der Waals surface area contributed by atoms with E-state index in [1.54, 1.807) is 11.8 Å². The molecule has 0 aliphatic carbocycles. The van der Waals surface area contributed by atoms with E-state index in [2.05, 4.69) is 0 Å². The van der Waals surface area contributed by atoms with Crippen molar-refractivity contribution in [1.82, 2.24) is 9.80 Å². The monoisotopic (exact) mass is 346 g/mol. The smallest absolute Gasteiger partial charge is 0.312 e. The lowest BCUT2D eigenvalue weighted by atomic mass is 10.1. The Labute approximate surface area is 140 Å². The van der Waals surface area contributed by atoms with Crippen LogP contribution in [0.3, 0.4) is 0 Å². The third kappa shape index (κ3) is 5.79. The van der Waals surface area contributed by atoms with Crippen molar-refractivity contribution in [1.29, 1.82) is 0 Å². The summed E-state index contributed by atoms with van der Waals surface area (Å²) in [4.78, 5) is 28.3. The molecule has 1 aliphatic heterocycles. The van der Waals surface area contributed by atoms with Crippen molar-refractivity contribution in [2.24, 2.45) is 11.8 Å². The van der Waals surface area contributed by atoms with Gasteiger partial charge in [0.1, 0.15) is 0 Å². The Balaban J connectivity index is 2.87. The van der Waals surface area contributed by atoms with E-state index in [0.29, 0.717) is 26.1 Å². The SMILES string of the molecule is CCN(C(=O)C(=O)N(CC(C)C)CC(C)C)C1CCS(=O)(=O)C1. The Morgan fingerprint density at radius 3 is 1.91 bits per heavy atom. The van der Waals surface area contributed by atoms with Crippen molar-refractivity contribution in [2.45, 2.75) is 47.1 Å². The molecule has 1 saturated heterocycles. The maximum Gasteiger partial charge on any atom is 0.312 e. The number of rotatable bonds is 6. The van der Waals surface area contributed by atoms with Crippen molar-refractivity contribution in [2.75, 3.05) is 31.1 Å². The number of carbonyl (C=O) groups is 2. The van der Waals surface area contributed by atoms with Gasteiger partial charge in [0.05, 0.1) is 11.5 Å². The van der Waals surface area contributed by atoms with Gasteiger partial charge in [-0.2, -0.15) is 0 Å². The summed E-state index contributed by atoms with van der Waals surface area (Å²) in [5.41, 5.74) is 0. The van der Waals surface area contributed by atoms with Gasteiger partial charge in [-0.3, -0.25) is 9.59 Å².